The van der Waals surface area contributed by atoms with Gasteiger partial charge < -0.3 is 10.2 Å². The summed E-state index contributed by atoms with van der Waals surface area (Å²) in [6.07, 6.45) is 4.97. The van der Waals surface area contributed by atoms with E-state index in [1.54, 1.807) is 6.20 Å². The van der Waals surface area contributed by atoms with Crippen molar-refractivity contribution in [3.05, 3.63) is 47.7 Å². The van der Waals surface area contributed by atoms with E-state index in [-0.39, 0.29) is 5.91 Å². The number of rotatable bonds is 5. The van der Waals surface area contributed by atoms with E-state index in [9.17, 15) is 4.79 Å². The highest BCUT2D eigenvalue weighted by Crippen LogP contribution is 2.28. The summed E-state index contributed by atoms with van der Waals surface area (Å²) >= 11 is 0. The first-order valence-electron chi connectivity index (χ1n) is 10.4. The number of nitrogens with one attached hydrogen (secondary N) is 1. The summed E-state index contributed by atoms with van der Waals surface area (Å²) in [6, 6.07) is 11.6. The van der Waals surface area contributed by atoms with Gasteiger partial charge >= 0.3 is 0 Å². The molecule has 1 amide bonds. The van der Waals surface area contributed by atoms with Crippen LogP contribution in [-0.2, 0) is 11.2 Å². The Labute approximate surface area is 169 Å². The van der Waals surface area contributed by atoms with E-state index in [0.717, 1.165) is 38.2 Å². The molecular weight excluding hydrogens is 348 g/mol. The van der Waals surface area contributed by atoms with Crippen LogP contribution in [-0.4, -0.2) is 39.7 Å². The van der Waals surface area contributed by atoms with E-state index in [0.29, 0.717) is 12.1 Å². The molecule has 1 aliphatic rings. The van der Waals surface area contributed by atoms with Crippen molar-refractivity contribution in [2.45, 2.75) is 66.0 Å². The number of hydrogen-bond donors (Lipinski definition) is 1. The molecule has 0 saturated carbocycles. The molecule has 1 N–H and O–H groups in total. The summed E-state index contributed by atoms with van der Waals surface area (Å²) in [4.78, 5) is 14.9. The third kappa shape index (κ3) is 5.02. The highest BCUT2D eigenvalue weighted by atomic mass is 16.2. The average molecular weight is 383 g/mol. The lowest BCUT2D eigenvalue weighted by Crippen LogP contribution is -2.41. The molecular formula is C23H34N4O. The fraction of sp³-hybridized carbons (Fsp3) is 0.565. The van der Waals surface area contributed by atoms with Gasteiger partial charge in [-0.2, -0.15) is 5.10 Å². The molecule has 5 heteroatoms. The van der Waals surface area contributed by atoms with Crippen LogP contribution in [0.3, 0.4) is 0 Å². The van der Waals surface area contributed by atoms with Crippen LogP contribution in [0, 0.1) is 12.3 Å². The Bertz CT molecular complexity index is 780. The standard InChI is InChI=1S/C23H34N4O/c1-17-6-8-19(9-7-17)16-18(2)26-14-11-20(12-15-26)27-21(10-13-24-27)25-22(28)23(3,4)5/h6-10,13,18,20H,11-12,14-16H2,1-5H3,(H,25,28)/t18-/m1/s1. The van der Waals surface area contributed by atoms with Gasteiger partial charge in [0.25, 0.3) is 0 Å². The van der Waals surface area contributed by atoms with Crippen LogP contribution in [0.15, 0.2) is 36.5 Å². The fourth-order valence-corrected chi connectivity index (χ4v) is 3.77. The Morgan fingerprint density at radius 2 is 1.82 bits per heavy atom. The van der Waals surface area contributed by atoms with Crippen molar-refractivity contribution in [2.75, 3.05) is 18.4 Å². The van der Waals surface area contributed by atoms with Gasteiger partial charge in [0.05, 0.1) is 12.2 Å². The molecule has 5 nitrogen and oxygen atoms in total. The lowest BCUT2D eigenvalue weighted by Gasteiger charge is -2.36. The molecule has 0 bridgehead atoms. The monoisotopic (exact) mass is 382 g/mol. The molecule has 0 aliphatic carbocycles. The van der Waals surface area contributed by atoms with Gasteiger partial charge in [-0.25, -0.2) is 4.68 Å². The summed E-state index contributed by atoms with van der Waals surface area (Å²) in [5, 5.41) is 7.55. The fourth-order valence-electron chi connectivity index (χ4n) is 3.77. The van der Waals surface area contributed by atoms with Crippen molar-refractivity contribution in [1.82, 2.24) is 14.7 Å². The number of aryl methyl sites for hydroxylation is 1. The van der Waals surface area contributed by atoms with Crippen molar-refractivity contribution in [1.29, 1.82) is 0 Å². The Morgan fingerprint density at radius 3 is 2.43 bits per heavy atom. The third-order valence-electron chi connectivity index (χ3n) is 5.71. The molecule has 1 aromatic heterocycles. The summed E-state index contributed by atoms with van der Waals surface area (Å²) in [5.41, 5.74) is 2.30. The predicted octanol–water partition coefficient (Wildman–Crippen LogP) is 4.44. The highest BCUT2D eigenvalue weighted by Gasteiger charge is 2.27. The number of amides is 1. The SMILES string of the molecule is Cc1ccc(C[C@@H](C)N2CCC(n3nccc3NC(=O)C(C)(C)C)CC2)cc1. The molecule has 0 unspecified atom stereocenters. The van der Waals surface area contributed by atoms with Crippen LogP contribution < -0.4 is 5.32 Å². The van der Waals surface area contributed by atoms with Crippen LogP contribution in [0.2, 0.25) is 0 Å². The lowest BCUT2D eigenvalue weighted by molar-refractivity contribution is -0.123. The minimum Gasteiger partial charge on any atom is -0.310 e. The maximum Gasteiger partial charge on any atom is 0.230 e. The first-order valence-corrected chi connectivity index (χ1v) is 10.4. The van der Waals surface area contributed by atoms with E-state index in [1.165, 1.54) is 11.1 Å². The van der Waals surface area contributed by atoms with Crippen molar-refractivity contribution >= 4 is 11.7 Å². The number of benzene rings is 1. The van der Waals surface area contributed by atoms with Gasteiger partial charge in [-0.15, -0.1) is 0 Å². The Morgan fingerprint density at radius 1 is 1.18 bits per heavy atom. The second kappa shape index (κ2) is 8.48. The Hall–Kier alpha value is -2.14. The number of hydrogen-bond acceptors (Lipinski definition) is 3. The van der Waals surface area contributed by atoms with Gasteiger partial charge in [0, 0.05) is 30.6 Å². The first-order chi connectivity index (χ1) is 13.2. The number of aromatic nitrogens is 2. The minimum absolute atomic E-state index is 0.0263. The van der Waals surface area contributed by atoms with Gasteiger partial charge in [-0.3, -0.25) is 4.79 Å². The second-order valence-corrected chi connectivity index (χ2v) is 9.17. The number of likely N-dealkylation sites (tertiary alicyclic amines) is 1. The summed E-state index contributed by atoms with van der Waals surface area (Å²) < 4.78 is 2.01. The quantitative estimate of drug-likeness (QED) is 0.831. The van der Waals surface area contributed by atoms with Crippen LogP contribution in [0.5, 0.6) is 0 Å². The predicted molar refractivity (Wildman–Crippen MR) is 115 cm³/mol. The van der Waals surface area contributed by atoms with Crippen molar-refractivity contribution < 1.29 is 4.79 Å². The summed E-state index contributed by atoms with van der Waals surface area (Å²) in [7, 11) is 0. The summed E-state index contributed by atoms with van der Waals surface area (Å²) in [6.45, 7) is 12.4. The minimum atomic E-state index is -0.413. The van der Waals surface area contributed by atoms with Crippen molar-refractivity contribution in [3.8, 4) is 0 Å². The number of nitrogens with zero attached hydrogens (tertiary/aromatic N) is 3. The number of carbonyl (C=O) groups excluding carboxylic acids is 1. The van der Waals surface area contributed by atoms with Gasteiger partial charge in [0.15, 0.2) is 0 Å². The molecule has 1 saturated heterocycles. The second-order valence-electron chi connectivity index (χ2n) is 9.17. The summed E-state index contributed by atoms with van der Waals surface area (Å²) in [5.74, 6) is 0.837. The molecule has 1 fully saturated rings. The average Bonchev–Trinajstić information content (AvgIpc) is 3.11. The molecule has 1 aliphatic heterocycles. The molecule has 2 aromatic rings. The van der Waals surface area contributed by atoms with E-state index in [2.05, 4.69) is 53.4 Å². The van der Waals surface area contributed by atoms with Crippen LogP contribution >= 0.6 is 0 Å². The van der Waals surface area contributed by atoms with Gasteiger partial charge in [-0.1, -0.05) is 50.6 Å². The third-order valence-corrected chi connectivity index (χ3v) is 5.71. The normalized spacial score (nSPS) is 17.5. The van der Waals surface area contributed by atoms with Gasteiger partial charge in [0.2, 0.25) is 5.91 Å². The zero-order valence-corrected chi connectivity index (χ0v) is 17.9. The van der Waals surface area contributed by atoms with E-state index in [1.807, 2.05) is 31.5 Å². The molecule has 28 heavy (non-hydrogen) atoms. The van der Waals surface area contributed by atoms with E-state index >= 15 is 0 Å². The topological polar surface area (TPSA) is 50.2 Å². The Balaban J connectivity index is 1.56. The van der Waals surface area contributed by atoms with Crippen LogP contribution in [0.1, 0.15) is 57.7 Å². The smallest absolute Gasteiger partial charge is 0.230 e. The maximum absolute atomic E-state index is 12.3. The van der Waals surface area contributed by atoms with Crippen molar-refractivity contribution in [3.63, 3.8) is 0 Å². The largest absolute Gasteiger partial charge is 0.310 e. The zero-order chi connectivity index (χ0) is 20.3. The first kappa shape index (κ1) is 20.6. The number of carbonyl (C=O) groups is 1. The Kier molecular flexibility index (Phi) is 6.23. The van der Waals surface area contributed by atoms with Gasteiger partial charge in [-0.05, 0) is 38.7 Å². The molecule has 152 valence electrons. The van der Waals surface area contributed by atoms with E-state index in [4.69, 9.17) is 0 Å². The molecule has 3 rings (SSSR count). The zero-order valence-electron chi connectivity index (χ0n) is 17.9. The van der Waals surface area contributed by atoms with Crippen LogP contribution in [0.4, 0.5) is 5.82 Å². The highest BCUT2D eigenvalue weighted by molar-refractivity contribution is 5.93. The molecule has 2 heterocycles. The molecule has 1 aromatic carbocycles. The van der Waals surface area contributed by atoms with E-state index < -0.39 is 5.41 Å². The van der Waals surface area contributed by atoms with Gasteiger partial charge in [0.1, 0.15) is 5.82 Å². The lowest BCUT2D eigenvalue weighted by atomic mass is 9.96. The number of piperidine rings is 1. The van der Waals surface area contributed by atoms with Crippen LogP contribution in [0.25, 0.3) is 0 Å². The maximum atomic E-state index is 12.3. The van der Waals surface area contributed by atoms with Crippen molar-refractivity contribution in [2.24, 2.45) is 5.41 Å². The molecule has 0 radical (unpaired) electrons. The number of anilines is 1. The molecule has 1 atom stereocenters. The molecule has 0 spiro atoms.